The first-order chi connectivity index (χ1) is 9.04. The van der Waals surface area contributed by atoms with Crippen LogP contribution in [0.25, 0.3) is 0 Å². The molecule has 104 valence electrons. The van der Waals surface area contributed by atoms with Crippen LogP contribution in [-0.4, -0.2) is 39.2 Å². The summed E-state index contributed by atoms with van der Waals surface area (Å²) in [5.74, 6) is -0.520. The molecule has 0 atom stereocenters. The number of aliphatic carboxylic acids is 1. The second kappa shape index (κ2) is 7.96. The predicted octanol–water partition coefficient (Wildman–Crippen LogP) is 1.84. The highest BCUT2D eigenvalue weighted by Crippen LogP contribution is 2.17. The third-order valence-electron chi connectivity index (χ3n) is 2.06. The predicted molar refractivity (Wildman–Crippen MR) is 72.6 cm³/mol. The largest absolute Gasteiger partial charge is 0.481 e. The van der Waals surface area contributed by atoms with Crippen molar-refractivity contribution < 1.29 is 14.7 Å². The topological polar surface area (TPSA) is 92.2 Å². The van der Waals surface area contributed by atoms with Crippen molar-refractivity contribution >= 4 is 35.2 Å². The maximum atomic E-state index is 11.8. The Kier molecular flexibility index (Phi) is 6.58. The SMILES string of the molecule is CCSc1ncc(Cl)c(C(=O)NCCCC(=O)O)n1. The molecule has 0 saturated heterocycles. The van der Waals surface area contributed by atoms with Crippen molar-refractivity contribution in [3.05, 3.63) is 16.9 Å². The van der Waals surface area contributed by atoms with Gasteiger partial charge in [0.2, 0.25) is 0 Å². The molecule has 0 aliphatic rings. The number of carboxylic acid groups (broad SMARTS) is 1. The van der Waals surface area contributed by atoms with Gasteiger partial charge in [0, 0.05) is 13.0 Å². The number of nitrogens with one attached hydrogen (secondary N) is 1. The quantitative estimate of drug-likeness (QED) is 0.453. The number of nitrogens with zero attached hydrogens (tertiary/aromatic N) is 2. The maximum Gasteiger partial charge on any atom is 0.303 e. The Morgan fingerprint density at radius 2 is 2.26 bits per heavy atom. The Bertz CT molecular complexity index is 470. The van der Waals surface area contributed by atoms with Gasteiger partial charge in [-0.3, -0.25) is 9.59 Å². The highest BCUT2D eigenvalue weighted by Gasteiger charge is 2.13. The van der Waals surface area contributed by atoms with Crippen LogP contribution in [0.4, 0.5) is 0 Å². The Labute approximate surface area is 120 Å². The standard InChI is InChI=1S/C11H14ClN3O3S/c1-2-19-11-14-6-7(12)9(15-11)10(18)13-5-3-4-8(16)17/h6H,2-5H2,1H3,(H,13,18)(H,16,17). The number of carboxylic acids is 1. The number of carbonyl (C=O) groups is 2. The smallest absolute Gasteiger partial charge is 0.303 e. The van der Waals surface area contributed by atoms with Crippen LogP contribution in [0.15, 0.2) is 11.4 Å². The third-order valence-corrected chi connectivity index (χ3v) is 3.08. The van der Waals surface area contributed by atoms with Gasteiger partial charge in [0.1, 0.15) is 0 Å². The number of hydrogen-bond donors (Lipinski definition) is 2. The van der Waals surface area contributed by atoms with Gasteiger partial charge in [-0.1, -0.05) is 30.3 Å². The van der Waals surface area contributed by atoms with Crippen LogP contribution in [0, 0.1) is 0 Å². The van der Waals surface area contributed by atoms with Gasteiger partial charge < -0.3 is 10.4 Å². The van der Waals surface area contributed by atoms with E-state index in [-0.39, 0.29) is 23.7 Å². The van der Waals surface area contributed by atoms with Gasteiger partial charge in [-0.2, -0.15) is 0 Å². The van der Waals surface area contributed by atoms with E-state index in [0.717, 1.165) is 5.75 Å². The number of halogens is 1. The summed E-state index contributed by atoms with van der Waals surface area (Å²) in [6.45, 7) is 2.22. The molecule has 19 heavy (non-hydrogen) atoms. The monoisotopic (exact) mass is 303 g/mol. The van der Waals surface area contributed by atoms with Gasteiger partial charge in [-0.05, 0) is 12.2 Å². The lowest BCUT2D eigenvalue weighted by Gasteiger charge is -2.06. The Morgan fingerprint density at radius 3 is 2.89 bits per heavy atom. The molecule has 0 fully saturated rings. The number of amides is 1. The van der Waals surface area contributed by atoms with Gasteiger partial charge in [-0.25, -0.2) is 9.97 Å². The maximum absolute atomic E-state index is 11.8. The van der Waals surface area contributed by atoms with E-state index in [4.69, 9.17) is 16.7 Å². The molecule has 0 aromatic carbocycles. The van der Waals surface area contributed by atoms with Crippen LogP contribution in [0.1, 0.15) is 30.3 Å². The van der Waals surface area contributed by atoms with Crippen molar-refractivity contribution in [3.8, 4) is 0 Å². The molecule has 1 rings (SSSR count). The van der Waals surface area contributed by atoms with Crippen molar-refractivity contribution in [3.63, 3.8) is 0 Å². The van der Waals surface area contributed by atoms with E-state index in [2.05, 4.69) is 15.3 Å². The molecular weight excluding hydrogens is 290 g/mol. The first-order valence-corrected chi connectivity index (χ1v) is 7.06. The highest BCUT2D eigenvalue weighted by molar-refractivity contribution is 7.99. The molecule has 0 spiro atoms. The first-order valence-electron chi connectivity index (χ1n) is 5.70. The minimum Gasteiger partial charge on any atom is -0.481 e. The number of aromatic nitrogens is 2. The van der Waals surface area contributed by atoms with E-state index in [1.165, 1.54) is 18.0 Å². The van der Waals surface area contributed by atoms with Crippen molar-refractivity contribution in [2.75, 3.05) is 12.3 Å². The molecule has 1 aromatic heterocycles. The Morgan fingerprint density at radius 1 is 1.53 bits per heavy atom. The number of hydrogen-bond acceptors (Lipinski definition) is 5. The fourth-order valence-electron chi connectivity index (χ4n) is 1.23. The molecule has 0 aliphatic heterocycles. The van der Waals surface area contributed by atoms with Crippen LogP contribution < -0.4 is 5.32 Å². The molecule has 1 aromatic rings. The third kappa shape index (κ3) is 5.44. The summed E-state index contributed by atoms with van der Waals surface area (Å²) in [7, 11) is 0. The number of carbonyl (C=O) groups excluding carboxylic acids is 1. The average Bonchev–Trinajstić information content (AvgIpc) is 2.36. The lowest BCUT2D eigenvalue weighted by Crippen LogP contribution is -2.26. The summed E-state index contributed by atoms with van der Waals surface area (Å²) in [5.41, 5.74) is 0.114. The Balaban J connectivity index is 2.60. The minimum atomic E-state index is -0.893. The molecule has 0 radical (unpaired) electrons. The van der Waals surface area contributed by atoms with Crippen LogP contribution in [0.3, 0.4) is 0 Å². The highest BCUT2D eigenvalue weighted by atomic mass is 35.5. The molecule has 0 aliphatic carbocycles. The van der Waals surface area contributed by atoms with Crippen molar-refractivity contribution in [2.24, 2.45) is 0 Å². The van der Waals surface area contributed by atoms with Gasteiger partial charge in [0.05, 0.1) is 11.2 Å². The summed E-state index contributed by atoms with van der Waals surface area (Å²) >= 11 is 7.27. The van der Waals surface area contributed by atoms with Crippen LogP contribution >= 0.6 is 23.4 Å². The lowest BCUT2D eigenvalue weighted by molar-refractivity contribution is -0.137. The van der Waals surface area contributed by atoms with Gasteiger partial charge in [-0.15, -0.1) is 0 Å². The summed E-state index contributed by atoms with van der Waals surface area (Å²) in [5, 5.41) is 11.7. The van der Waals surface area contributed by atoms with E-state index in [1.807, 2.05) is 6.92 Å². The van der Waals surface area contributed by atoms with Crippen molar-refractivity contribution in [2.45, 2.75) is 24.9 Å². The fraction of sp³-hybridized carbons (Fsp3) is 0.455. The summed E-state index contributed by atoms with van der Waals surface area (Å²) in [6, 6.07) is 0. The van der Waals surface area contributed by atoms with Crippen molar-refractivity contribution in [1.29, 1.82) is 0 Å². The minimum absolute atomic E-state index is 0.00865. The zero-order valence-corrected chi connectivity index (χ0v) is 11.9. The van der Waals surface area contributed by atoms with Gasteiger partial charge >= 0.3 is 5.97 Å². The van der Waals surface area contributed by atoms with Gasteiger partial charge in [0.25, 0.3) is 5.91 Å². The zero-order valence-electron chi connectivity index (χ0n) is 10.4. The molecule has 1 amide bonds. The van der Waals surface area contributed by atoms with E-state index < -0.39 is 11.9 Å². The second-order valence-electron chi connectivity index (χ2n) is 3.54. The number of thioether (sulfide) groups is 1. The molecule has 1 heterocycles. The van der Waals surface area contributed by atoms with Crippen LogP contribution in [0.5, 0.6) is 0 Å². The Hall–Kier alpha value is -1.34. The molecule has 6 nitrogen and oxygen atoms in total. The molecule has 0 saturated carbocycles. The number of rotatable bonds is 7. The zero-order chi connectivity index (χ0) is 14.3. The second-order valence-corrected chi connectivity index (χ2v) is 5.17. The normalized spacial score (nSPS) is 10.2. The van der Waals surface area contributed by atoms with Crippen LogP contribution in [0.2, 0.25) is 5.02 Å². The van der Waals surface area contributed by atoms with E-state index in [1.54, 1.807) is 0 Å². The fourth-order valence-corrected chi connectivity index (χ4v) is 1.95. The molecule has 0 bridgehead atoms. The molecular formula is C11H14ClN3O3S. The average molecular weight is 304 g/mol. The summed E-state index contributed by atoms with van der Waals surface area (Å²) in [6.07, 6.45) is 1.76. The molecule has 2 N–H and O–H groups in total. The van der Waals surface area contributed by atoms with Crippen LogP contribution in [-0.2, 0) is 4.79 Å². The van der Waals surface area contributed by atoms with E-state index in [0.29, 0.717) is 11.6 Å². The first kappa shape index (κ1) is 15.7. The summed E-state index contributed by atoms with van der Waals surface area (Å²) < 4.78 is 0. The molecule has 0 unspecified atom stereocenters. The molecule has 8 heteroatoms. The summed E-state index contributed by atoms with van der Waals surface area (Å²) in [4.78, 5) is 30.2. The lowest BCUT2D eigenvalue weighted by atomic mass is 10.3. The van der Waals surface area contributed by atoms with Gasteiger partial charge in [0.15, 0.2) is 10.9 Å². The van der Waals surface area contributed by atoms with Crippen molar-refractivity contribution in [1.82, 2.24) is 15.3 Å². The van der Waals surface area contributed by atoms with E-state index >= 15 is 0 Å². The van der Waals surface area contributed by atoms with E-state index in [9.17, 15) is 9.59 Å².